The third-order valence-corrected chi connectivity index (χ3v) is 5.90. The molecule has 0 N–H and O–H groups in total. The monoisotopic (exact) mass is 380 g/mol. The van der Waals surface area contributed by atoms with Gasteiger partial charge in [-0.1, -0.05) is 11.6 Å². The molecule has 2 aliphatic rings. The van der Waals surface area contributed by atoms with Crippen LogP contribution in [0.3, 0.4) is 0 Å². The summed E-state index contributed by atoms with van der Waals surface area (Å²) in [5.41, 5.74) is 0.637. The van der Waals surface area contributed by atoms with Crippen molar-refractivity contribution in [2.45, 2.75) is 32.7 Å². The van der Waals surface area contributed by atoms with E-state index in [0.29, 0.717) is 34.9 Å². The van der Waals surface area contributed by atoms with E-state index in [9.17, 15) is 4.79 Å². The number of hydrogen-bond donors (Lipinski definition) is 0. The number of hydrogen-bond acceptors (Lipinski definition) is 4. The first-order valence-corrected chi connectivity index (χ1v) is 10.0. The van der Waals surface area contributed by atoms with Crippen molar-refractivity contribution in [1.29, 1.82) is 0 Å². The second-order valence-electron chi connectivity index (χ2n) is 7.10. The Morgan fingerprint density at radius 3 is 2.58 bits per heavy atom. The number of carbonyl (C=O) groups excluding carboxylic acids is 1. The molecular weight excluding hydrogens is 352 g/mol. The summed E-state index contributed by atoms with van der Waals surface area (Å²) in [5.74, 6) is 1.33. The van der Waals surface area contributed by atoms with E-state index >= 15 is 0 Å². The highest BCUT2D eigenvalue weighted by Crippen LogP contribution is 2.28. The average molecular weight is 381 g/mol. The molecule has 1 aromatic rings. The third-order valence-electron chi connectivity index (χ3n) is 5.61. The molecule has 0 aromatic heterocycles. The lowest BCUT2D eigenvalue weighted by Gasteiger charge is -2.41. The number of carbonyl (C=O) groups is 1. The van der Waals surface area contributed by atoms with Crippen molar-refractivity contribution >= 4 is 17.5 Å². The van der Waals surface area contributed by atoms with Crippen LogP contribution in [0.25, 0.3) is 0 Å². The largest absolute Gasteiger partial charge is 0.492 e. The molecule has 0 spiro atoms. The molecule has 144 valence electrons. The van der Waals surface area contributed by atoms with Gasteiger partial charge in [-0.05, 0) is 50.8 Å². The molecule has 0 radical (unpaired) electrons. The van der Waals surface area contributed by atoms with Crippen LogP contribution < -0.4 is 4.74 Å². The first kappa shape index (κ1) is 19.5. The van der Waals surface area contributed by atoms with Gasteiger partial charge in [0.15, 0.2) is 0 Å². The normalized spacial score (nSPS) is 20.8. The third kappa shape index (κ3) is 4.51. The zero-order valence-electron chi connectivity index (χ0n) is 15.7. The average Bonchev–Trinajstić information content (AvgIpc) is 2.69. The Labute approximate surface area is 161 Å². The number of amides is 1. The minimum atomic E-state index is 0.0624. The molecule has 6 heteroatoms. The van der Waals surface area contributed by atoms with Crippen LogP contribution in [0.5, 0.6) is 5.75 Å². The molecule has 0 bridgehead atoms. The standard InChI is InChI=1S/C20H29ClN2O3/c1-3-26-19-5-4-17(14-18(19)21)20(24)23-8-6-16(7-9-23)15(2)22-10-12-25-13-11-22/h4-5,14-16H,3,6-13H2,1-2H3. The van der Waals surface area contributed by atoms with Gasteiger partial charge in [-0.15, -0.1) is 0 Å². The summed E-state index contributed by atoms with van der Waals surface area (Å²) in [6, 6.07) is 5.86. The fourth-order valence-corrected chi connectivity index (χ4v) is 4.19. The summed E-state index contributed by atoms with van der Waals surface area (Å²) in [6.07, 6.45) is 2.10. The zero-order valence-corrected chi connectivity index (χ0v) is 16.5. The van der Waals surface area contributed by atoms with Crippen LogP contribution in [0.15, 0.2) is 18.2 Å². The van der Waals surface area contributed by atoms with Gasteiger partial charge in [0, 0.05) is 37.8 Å². The fourth-order valence-electron chi connectivity index (χ4n) is 3.96. The maximum Gasteiger partial charge on any atom is 0.253 e. The van der Waals surface area contributed by atoms with Crippen molar-refractivity contribution in [1.82, 2.24) is 9.80 Å². The van der Waals surface area contributed by atoms with E-state index in [1.54, 1.807) is 12.1 Å². The maximum absolute atomic E-state index is 12.8. The predicted octanol–water partition coefficient (Wildman–Crippen LogP) is 3.31. The molecule has 26 heavy (non-hydrogen) atoms. The van der Waals surface area contributed by atoms with Crippen LogP contribution in [0.4, 0.5) is 0 Å². The number of rotatable bonds is 5. The second kappa shape index (κ2) is 9.07. The molecule has 0 saturated carbocycles. The Hall–Kier alpha value is -1.30. The van der Waals surface area contributed by atoms with E-state index in [1.807, 2.05) is 17.9 Å². The van der Waals surface area contributed by atoms with Crippen LogP contribution in [0.2, 0.25) is 5.02 Å². The smallest absolute Gasteiger partial charge is 0.253 e. The van der Waals surface area contributed by atoms with Gasteiger partial charge in [0.05, 0.1) is 24.8 Å². The Kier molecular flexibility index (Phi) is 6.79. The molecule has 2 heterocycles. The van der Waals surface area contributed by atoms with E-state index in [4.69, 9.17) is 21.1 Å². The lowest BCUT2D eigenvalue weighted by atomic mass is 9.89. The summed E-state index contributed by atoms with van der Waals surface area (Å²) < 4.78 is 10.9. The van der Waals surface area contributed by atoms with Gasteiger partial charge in [0.2, 0.25) is 0 Å². The van der Waals surface area contributed by atoms with E-state index in [1.165, 1.54) is 0 Å². The quantitative estimate of drug-likeness (QED) is 0.785. The number of nitrogens with zero attached hydrogens (tertiary/aromatic N) is 2. The Bertz CT molecular complexity index is 611. The van der Waals surface area contributed by atoms with Crippen LogP contribution in [0, 0.1) is 5.92 Å². The summed E-state index contributed by atoms with van der Waals surface area (Å²) in [6.45, 7) is 10.1. The molecule has 1 aromatic carbocycles. The number of likely N-dealkylation sites (tertiary alicyclic amines) is 1. The predicted molar refractivity (Wildman–Crippen MR) is 103 cm³/mol. The second-order valence-corrected chi connectivity index (χ2v) is 7.50. The van der Waals surface area contributed by atoms with E-state index in [2.05, 4.69) is 11.8 Å². The van der Waals surface area contributed by atoms with Gasteiger partial charge in [0.1, 0.15) is 5.75 Å². The number of ether oxygens (including phenoxy) is 2. The van der Waals surface area contributed by atoms with Crippen LogP contribution in [-0.4, -0.2) is 67.7 Å². The molecule has 2 fully saturated rings. The SMILES string of the molecule is CCOc1ccc(C(=O)N2CCC(C(C)N3CCOCC3)CC2)cc1Cl. The summed E-state index contributed by atoms with van der Waals surface area (Å²) in [5, 5.41) is 0.494. The number of piperidine rings is 1. The first-order chi connectivity index (χ1) is 12.6. The topological polar surface area (TPSA) is 42.0 Å². The number of morpholine rings is 1. The molecule has 5 nitrogen and oxygen atoms in total. The zero-order chi connectivity index (χ0) is 18.5. The first-order valence-electron chi connectivity index (χ1n) is 9.63. The molecule has 1 atom stereocenters. The van der Waals surface area contributed by atoms with Crippen LogP contribution in [0.1, 0.15) is 37.0 Å². The maximum atomic E-state index is 12.8. The van der Waals surface area contributed by atoms with E-state index in [0.717, 1.165) is 52.2 Å². The molecule has 1 amide bonds. The van der Waals surface area contributed by atoms with Gasteiger partial charge in [-0.25, -0.2) is 0 Å². The molecule has 2 aliphatic heterocycles. The van der Waals surface area contributed by atoms with Crippen molar-refractivity contribution in [3.63, 3.8) is 0 Å². The summed E-state index contributed by atoms with van der Waals surface area (Å²) in [4.78, 5) is 17.3. The van der Waals surface area contributed by atoms with Crippen molar-refractivity contribution in [3.8, 4) is 5.75 Å². The molecule has 0 aliphatic carbocycles. The lowest BCUT2D eigenvalue weighted by Crippen LogP contribution is -2.49. The Morgan fingerprint density at radius 2 is 1.96 bits per heavy atom. The van der Waals surface area contributed by atoms with Crippen LogP contribution in [-0.2, 0) is 4.74 Å². The van der Waals surface area contributed by atoms with E-state index < -0.39 is 0 Å². The van der Waals surface area contributed by atoms with Gasteiger partial charge >= 0.3 is 0 Å². The molecule has 1 unspecified atom stereocenters. The van der Waals surface area contributed by atoms with Gasteiger partial charge in [-0.3, -0.25) is 9.69 Å². The van der Waals surface area contributed by atoms with Crippen molar-refractivity contribution in [2.75, 3.05) is 46.0 Å². The number of halogens is 1. The van der Waals surface area contributed by atoms with Crippen LogP contribution >= 0.6 is 11.6 Å². The van der Waals surface area contributed by atoms with E-state index in [-0.39, 0.29) is 5.91 Å². The van der Waals surface area contributed by atoms with Gasteiger partial charge in [0.25, 0.3) is 5.91 Å². The van der Waals surface area contributed by atoms with Crippen molar-refractivity contribution in [3.05, 3.63) is 28.8 Å². The Morgan fingerprint density at radius 1 is 1.27 bits per heavy atom. The van der Waals surface area contributed by atoms with Crippen molar-refractivity contribution in [2.24, 2.45) is 5.92 Å². The highest BCUT2D eigenvalue weighted by atomic mass is 35.5. The highest BCUT2D eigenvalue weighted by molar-refractivity contribution is 6.32. The highest BCUT2D eigenvalue weighted by Gasteiger charge is 2.30. The molecule has 3 rings (SSSR count). The minimum Gasteiger partial charge on any atom is -0.492 e. The number of benzene rings is 1. The summed E-state index contributed by atoms with van der Waals surface area (Å²) in [7, 11) is 0. The van der Waals surface area contributed by atoms with Crippen molar-refractivity contribution < 1.29 is 14.3 Å². The van der Waals surface area contributed by atoms with Gasteiger partial charge < -0.3 is 14.4 Å². The minimum absolute atomic E-state index is 0.0624. The lowest BCUT2D eigenvalue weighted by molar-refractivity contribution is -0.000950. The fraction of sp³-hybridized carbons (Fsp3) is 0.650. The molecular formula is C20H29ClN2O3. The summed E-state index contributed by atoms with van der Waals surface area (Å²) >= 11 is 6.23. The molecule has 2 saturated heterocycles. The van der Waals surface area contributed by atoms with Gasteiger partial charge in [-0.2, -0.15) is 0 Å². The Balaban J connectivity index is 1.55.